The zero-order valence-corrected chi connectivity index (χ0v) is 17.8. The molecule has 160 valence electrons. The van der Waals surface area contributed by atoms with Crippen molar-refractivity contribution in [2.24, 2.45) is 0 Å². The van der Waals surface area contributed by atoms with Gasteiger partial charge in [0, 0.05) is 25.9 Å². The van der Waals surface area contributed by atoms with Crippen molar-refractivity contribution >= 4 is 22.6 Å². The highest BCUT2D eigenvalue weighted by Crippen LogP contribution is 2.11. The number of ether oxygens (including phenoxy) is 1. The Morgan fingerprint density at radius 2 is 2.10 bits per heavy atom. The highest BCUT2D eigenvalue weighted by atomic mass is 16.5. The first-order valence-electron chi connectivity index (χ1n) is 10.4. The Kier molecular flexibility index (Phi) is 6.99. The predicted molar refractivity (Wildman–Crippen MR) is 116 cm³/mol. The third kappa shape index (κ3) is 4.59. The molecule has 3 aromatic rings. The van der Waals surface area contributed by atoms with Gasteiger partial charge in [-0.15, -0.1) is 0 Å². The minimum absolute atomic E-state index is 0.0493. The summed E-state index contributed by atoms with van der Waals surface area (Å²) in [5.74, 6) is -0.347. The van der Waals surface area contributed by atoms with Gasteiger partial charge in [-0.25, -0.2) is 4.98 Å². The number of pyridine rings is 2. The van der Waals surface area contributed by atoms with Crippen molar-refractivity contribution in [3.05, 3.63) is 51.9 Å². The largest absolute Gasteiger partial charge is 0.379 e. The molecule has 0 fully saturated rings. The normalized spacial score (nSPS) is 11.5. The van der Waals surface area contributed by atoms with Crippen molar-refractivity contribution < 1.29 is 9.53 Å². The maximum absolute atomic E-state index is 13.1. The zero-order chi connectivity index (χ0) is 21.7. The first-order valence-corrected chi connectivity index (χ1v) is 10.4. The summed E-state index contributed by atoms with van der Waals surface area (Å²) in [6, 6.07) is 6.82. The number of hydrogen-bond donors (Lipinski definition) is 2. The number of fused-ring (bicyclic) bond motifs is 2. The summed E-state index contributed by atoms with van der Waals surface area (Å²) in [5.41, 5.74) is 0.879. The van der Waals surface area contributed by atoms with E-state index in [1.165, 1.54) is 10.5 Å². The summed E-state index contributed by atoms with van der Waals surface area (Å²) in [6.45, 7) is 7.45. The Labute approximate surface area is 175 Å². The van der Waals surface area contributed by atoms with Crippen LogP contribution in [0.5, 0.6) is 0 Å². The summed E-state index contributed by atoms with van der Waals surface area (Å²) in [6.07, 6.45) is 4.22. The van der Waals surface area contributed by atoms with Crippen molar-refractivity contribution in [3.8, 4) is 0 Å². The number of unbranched alkanes of at least 4 members (excludes halogenated alkanes) is 1. The maximum Gasteiger partial charge on any atom is 0.267 e. The van der Waals surface area contributed by atoms with E-state index in [1.807, 2.05) is 26.8 Å². The third-order valence-corrected chi connectivity index (χ3v) is 4.86. The number of carbonyl (C=O) groups excluding carboxylic acids is 1. The standard InChI is InChI=1S/C22H29N5O3/c1-4-5-10-24-21(28)16-14-17-20(25-18-9-6-7-11-26(18)22(17)29)27(19(16)23)12-8-13-30-15(2)3/h6-7,9,11,14-15,23H,4-5,8,10,12-13H2,1-3H3,(H,24,28). The molecule has 2 N–H and O–H groups in total. The van der Waals surface area contributed by atoms with E-state index in [2.05, 4.69) is 10.3 Å². The van der Waals surface area contributed by atoms with E-state index in [9.17, 15) is 9.59 Å². The molecule has 8 nitrogen and oxygen atoms in total. The van der Waals surface area contributed by atoms with Gasteiger partial charge in [0.1, 0.15) is 16.8 Å². The molecule has 0 aromatic carbocycles. The predicted octanol–water partition coefficient (Wildman–Crippen LogP) is 2.47. The van der Waals surface area contributed by atoms with Crippen molar-refractivity contribution in [1.82, 2.24) is 19.3 Å². The average Bonchev–Trinajstić information content (AvgIpc) is 2.72. The second kappa shape index (κ2) is 9.67. The number of hydrogen-bond acceptors (Lipinski definition) is 5. The van der Waals surface area contributed by atoms with Crippen molar-refractivity contribution in [1.29, 1.82) is 5.41 Å². The molecule has 3 rings (SSSR count). The number of nitrogens with one attached hydrogen (secondary N) is 2. The van der Waals surface area contributed by atoms with E-state index in [4.69, 9.17) is 10.1 Å². The summed E-state index contributed by atoms with van der Waals surface area (Å²) in [4.78, 5) is 30.5. The molecule has 0 saturated carbocycles. The summed E-state index contributed by atoms with van der Waals surface area (Å²) >= 11 is 0. The lowest BCUT2D eigenvalue weighted by Gasteiger charge is -2.15. The van der Waals surface area contributed by atoms with Gasteiger partial charge in [0.2, 0.25) is 0 Å². The molecule has 8 heteroatoms. The highest BCUT2D eigenvalue weighted by molar-refractivity contribution is 5.96. The van der Waals surface area contributed by atoms with Crippen LogP contribution < -0.4 is 16.4 Å². The first-order chi connectivity index (χ1) is 14.4. The Balaban J connectivity index is 2.13. The van der Waals surface area contributed by atoms with E-state index >= 15 is 0 Å². The Hall–Kier alpha value is -3.00. The number of rotatable bonds is 9. The summed E-state index contributed by atoms with van der Waals surface area (Å²) in [5, 5.41) is 11.8. The Morgan fingerprint density at radius 1 is 1.30 bits per heavy atom. The molecule has 0 aliphatic carbocycles. The van der Waals surface area contributed by atoms with E-state index in [1.54, 1.807) is 22.9 Å². The van der Waals surface area contributed by atoms with Gasteiger partial charge in [-0.2, -0.15) is 0 Å². The molecule has 0 unspecified atom stereocenters. The van der Waals surface area contributed by atoms with Crippen LogP contribution in [0.1, 0.15) is 50.4 Å². The van der Waals surface area contributed by atoms with Crippen LogP contribution in [0.4, 0.5) is 0 Å². The van der Waals surface area contributed by atoms with Gasteiger partial charge in [-0.1, -0.05) is 19.4 Å². The van der Waals surface area contributed by atoms with Gasteiger partial charge >= 0.3 is 0 Å². The molecule has 3 heterocycles. The number of aromatic nitrogens is 3. The lowest BCUT2D eigenvalue weighted by molar-refractivity contribution is 0.0748. The van der Waals surface area contributed by atoms with Gasteiger partial charge in [0.05, 0.1) is 17.1 Å². The van der Waals surface area contributed by atoms with Gasteiger partial charge in [-0.05, 0) is 44.9 Å². The van der Waals surface area contributed by atoms with Gasteiger partial charge in [0.15, 0.2) is 0 Å². The molecule has 0 saturated heterocycles. The van der Waals surface area contributed by atoms with Crippen LogP contribution >= 0.6 is 0 Å². The van der Waals surface area contributed by atoms with Gasteiger partial charge < -0.3 is 14.6 Å². The van der Waals surface area contributed by atoms with Crippen LogP contribution in [-0.4, -0.2) is 39.1 Å². The molecule has 0 radical (unpaired) electrons. The number of amides is 1. The van der Waals surface area contributed by atoms with Crippen LogP contribution in [0.25, 0.3) is 16.7 Å². The highest BCUT2D eigenvalue weighted by Gasteiger charge is 2.17. The monoisotopic (exact) mass is 411 g/mol. The molecule has 0 atom stereocenters. The molecule has 0 bridgehead atoms. The number of carbonyl (C=O) groups is 1. The zero-order valence-electron chi connectivity index (χ0n) is 17.8. The van der Waals surface area contributed by atoms with Gasteiger partial charge in [-0.3, -0.25) is 19.4 Å². The SMILES string of the molecule is CCCCNC(=O)c1cc2c(=O)n3ccccc3nc2n(CCCOC(C)C)c1=N. The van der Waals surface area contributed by atoms with Crippen LogP contribution in [0.3, 0.4) is 0 Å². The molecule has 3 aromatic heterocycles. The first kappa shape index (κ1) is 21.7. The number of aryl methyl sites for hydroxylation is 1. The van der Waals surface area contributed by atoms with Gasteiger partial charge in [0.25, 0.3) is 11.5 Å². The molecular formula is C22H29N5O3. The summed E-state index contributed by atoms with van der Waals surface area (Å²) in [7, 11) is 0. The summed E-state index contributed by atoms with van der Waals surface area (Å²) < 4.78 is 8.71. The molecular weight excluding hydrogens is 382 g/mol. The Morgan fingerprint density at radius 3 is 2.83 bits per heavy atom. The minimum Gasteiger partial charge on any atom is -0.379 e. The fraction of sp³-hybridized carbons (Fsp3) is 0.455. The van der Waals surface area contributed by atoms with Crippen molar-refractivity contribution in [2.45, 2.75) is 52.7 Å². The average molecular weight is 412 g/mol. The van der Waals surface area contributed by atoms with Crippen LogP contribution in [-0.2, 0) is 11.3 Å². The minimum atomic E-state index is -0.347. The molecule has 30 heavy (non-hydrogen) atoms. The van der Waals surface area contributed by atoms with Crippen LogP contribution in [0.15, 0.2) is 35.3 Å². The lowest BCUT2D eigenvalue weighted by Crippen LogP contribution is -2.35. The maximum atomic E-state index is 13.1. The van der Waals surface area contributed by atoms with E-state index < -0.39 is 0 Å². The second-order valence-corrected chi connectivity index (χ2v) is 7.52. The fourth-order valence-electron chi connectivity index (χ4n) is 3.29. The van der Waals surface area contributed by atoms with Crippen molar-refractivity contribution in [2.75, 3.05) is 13.2 Å². The topological polar surface area (TPSA) is 101 Å². The molecule has 0 spiro atoms. The second-order valence-electron chi connectivity index (χ2n) is 7.52. The smallest absolute Gasteiger partial charge is 0.267 e. The van der Waals surface area contributed by atoms with Crippen LogP contribution in [0, 0.1) is 5.41 Å². The Bertz CT molecular complexity index is 1160. The van der Waals surface area contributed by atoms with Crippen LogP contribution in [0.2, 0.25) is 0 Å². The van der Waals surface area contributed by atoms with E-state index in [0.717, 1.165) is 12.8 Å². The number of nitrogens with zero attached hydrogens (tertiary/aromatic N) is 3. The molecule has 0 aliphatic heterocycles. The van der Waals surface area contributed by atoms with E-state index in [-0.39, 0.29) is 28.6 Å². The molecule has 0 aliphatic rings. The lowest BCUT2D eigenvalue weighted by atomic mass is 10.2. The molecule has 1 amide bonds. The fourth-order valence-corrected chi connectivity index (χ4v) is 3.29. The quantitative estimate of drug-likeness (QED) is 0.417. The third-order valence-electron chi connectivity index (χ3n) is 4.86. The van der Waals surface area contributed by atoms with Crippen molar-refractivity contribution in [3.63, 3.8) is 0 Å². The van der Waals surface area contributed by atoms with E-state index in [0.29, 0.717) is 42.8 Å².